The van der Waals surface area contributed by atoms with Crippen LogP contribution in [0.1, 0.15) is 13.3 Å². The van der Waals surface area contributed by atoms with Gasteiger partial charge in [-0.15, -0.1) is 0 Å². The van der Waals surface area contributed by atoms with Gasteiger partial charge in [-0.05, 0) is 47.2 Å². The molecule has 0 bridgehead atoms. The van der Waals surface area contributed by atoms with E-state index < -0.39 is 5.60 Å². The average molecular weight is 355 g/mol. The third-order valence-electron chi connectivity index (χ3n) is 3.50. The number of hydrogen-bond donors (Lipinski definition) is 1. The Balaban J connectivity index is 2.00. The highest BCUT2D eigenvalue weighted by atomic mass is 127. The lowest BCUT2D eigenvalue weighted by Crippen LogP contribution is -2.61. The van der Waals surface area contributed by atoms with E-state index in [1.807, 2.05) is 19.1 Å². The van der Waals surface area contributed by atoms with Crippen LogP contribution in [0.2, 0.25) is 0 Å². The van der Waals surface area contributed by atoms with Gasteiger partial charge in [-0.2, -0.15) is 0 Å². The fourth-order valence-electron chi connectivity index (χ4n) is 2.30. The summed E-state index contributed by atoms with van der Waals surface area (Å²) in [6, 6.07) is 6.14. The van der Waals surface area contributed by atoms with E-state index in [1.54, 1.807) is 6.33 Å². The van der Waals surface area contributed by atoms with Crippen LogP contribution < -0.4 is 4.90 Å². The number of hydrogen-bond acceptors (Lipinski definition) is 4. The molecule has 1 aromatic carbocycles. The molecule has 0 amide bonds. The third kappa shape index (κ3) is 1.95. The van der Waals surface area contributed by atoms with Crippen molar-refractivity contribution in [2.75, 3.05) is 18.0 Å². The Kier molecular flexibility index (Phi) is 2.90. The van der Waals surface area contributed by atoms with E-state index in [4.69, 9.17) is 0 Å². The number of benzene rings is 1. The molecule has 0 atom stereocenters. The first kappa shape index (κ1) is 12.1. The summed E-state index contributed by atoms with van der Waals surface area (Å²) >= 11 is 2.29. The molecule has 18 heavy (non-hydrogen) atoms. The van der Waals surface area contributed by atoms with Gasteiger partial charge in [0.1, 0.15) is 12.1 Å². The topological polar surface area (TPSA) is 49.2 Å². The number of β-amino-alcohol motifs (C(OH)–C–C–N with tert-alkyl or cyclic N) is 1. The first-order chi connectivity index (χ1) is 8.61. The Labute approximate surface area is 119 Å². The fraction of sp³-hybridized carbons (Fsp3) is 0.385. The van der Waals surface area contributed by atoms with Crippen LogP contribution in [-0.4, -0.2) is 33.8 Å². The molecule has 2 aromatic rings. The highest BCUT2D eigenvalue weighted by molar-refractivity contribution is 14.1. The van der Waals surface area contributed by atoms with Gasteiger partial charge in [0, 0.05) is 22.0 Å². The Morgan fingerprint density at radius 3 is 2.89 bits per heavy atom. The monoisotopic (exact) mass is 355 g/mol. The lowest BCUT2D eigenvalue weighted by Gasteiger charge is -2.47. The number of rotatable bonds is 2. The van der Waals surface area contributed by atoms with Crippen molar-refractivity contribution in [3.8, 4) is 0 Å². The predicted molar refractivity (Wildman–Crippen MR) is 79.7 cm³/mol. The van der Waals surface area contributed by atoms with E-state index in [-0.39, 0.29) is 0 Å². The van der Waals surface area contributed by atoms with E-state index in [2.05, 4.69) is 43.5 Å². The molecule has 1 N–H and O–H groups in total. The molecule has 0 aliphatic carbocycles. The quantitative estimate of drug-likeness (QED) is 0.840. The number of nitrogens with zero attached hydrogens (tertiary/aromatic N) is 3. The van der Waals surface area contributed by atoms with E-state index in [9.17, 15) is 5.11 Å². The highest BCUT2D eigenvalue weighted by Gasteiger charge is 2.40. The van der Waals surface area contributed by atoms with Gasteiger partial charge in [-0.1, -0.05) is 6.92 Å². The van der Waals surface area contributed by atoms with Crippen LogP contribution in [-0.2, 0) is 0 Å². The van der Waals surface area contributed by atoms with E-state index in [0.717, 1.165) is 23.1 Å². The van der Waals surface area contributed by atoms with Crippen LogP contribution >= 0.6 is 22.6 Å². The van der Waals surface area contributed by atoms with Crippen molar-refractivity contribution >= 4 is 39.3 Å². The Hall–Kier alpha value is -0.950. The summed E-state index contributed by atoms with van der Waals surface area (Å²) in [6.07, 6.45) is 2.37. The maximum atomic E-state index is 10.1. The van der Waals surface area contributed by atoms with E-state index in [0.29, 0.717) is 13.1 Å². The van der Waals surface area contributed by atoms with Crippen molar-refractivity contribution in [1.29, 1.82) is 0 Å². The maximum Gasteiger partial charge on any atom is 0.140 e. The Morgan fingerprint density at radius 1 is 1.39 bits per heavy atom. The second-order valence-corrected chi connectivity index (χ2v) is 6.04. The third-order valence-corrected chi connectivity index (χ3v) is 4.18. The van der Waals surface area contributed by atoms with E-state index in [1.165, 1.54) is 3.57 Å². The van der Waals surface area contributed by atoms with Crippen molar-refractivity contribution < 1.29 is 5.11 Å². The predicted octanol–water partition coefficient (Wildman–Crippen LogP) is 2.20. The molecule has 0 spiro atoms. The molecule has 1 aliphatic rings. The molecule has 1 saturated heterocycles. The number of aromatic nitrogens is 2. The normalized spacial score (nSPS) is 17.8. The molecule has 3 rings (SSSR count). The molecule has 94 valence electrons. The minimum atomic E-state index is -0.542. The van der Waals surface area contributed by atoms with Gasteiger partial charge in [-0.3, -0.25) is 0 Å². The van der Waals surface area contributed by atoms with Gasteiger partial charge in [0.2, 0.25) is 0 Å². The SMILES string of the molecule is CCC1(O)CN(c2ncnc3ccc(I)cc23)C1. The summed E-state index contributed by atoms with van der Waals surface area (Å²) < 4.78 is 1.17. The van der Waals surface area contributed by atoms with Gasteiger partial charge >= 0.3 is 0 Å². The zero-order chi connectivity index (χ0) is 12.8. The van der Waals surface area contributed by atoms with Crippen LogP contribution in [0.5, 0.6) is 0 Å². The lowest BCUT2D eigenvalue weighted by molar-refractivity contribution is 0.00823. The molecule has 1 aromatic heterocycles. The summed E-state index contributed by atoms with van der Waals surface area (Å²) in [6.45, 7) is 3.32. The van der Waals surface area contributed by atoms with Gasteiger partial charge in [-0.25, -0.2) is 9.97 Å². The van der Waals surface area contributed by atoms with Gasteiger partial charge in [0.15, 0.2) is 0 Å². The van der Waals surface area contributed by atoms with Crippen molar-refractivity contribution in [2.45, 2.75) is 18.9 Å². The van der Waals surface area contributed by atoms with Crippen molar-refractivity contribution in [3.05, 3.63) is 28.1 Å². The second kappa shape index (κ2) is 4.31. The lowest BCUT2D eigenvalue weighted by atomic mass is 9.91. The van der Waals surface area contributed by atoms with E-state index >= 15 is 0 Å². The van der Waals surface area contributed by atoms with Crippen LogP contribution in [0.15, 0.2) is 24.5 Å². The van der Waals surface area contributed by atoms with Crippen molar-refractivity contribution in [1.82, 2.24) is 9.97 Å². The van der Waals surface area contributed by atoms with Gasteiger partial charge in [0.25, 0.3) is 0 Å². The average Bonchev–Trinajstić information content (AvgIpc) is 2.34. The molecular formula is C13H14IN3O. The molecule has 5 heteroatoms. The van der Waals surface area contributed by atoms with Crippen LogP contribution in [0, 0.1) is 3.57 Å². The molecule has 1 fully saturated rings. The summed E-state index contributed by atoms with van der Waals surface area (Å²) in [4.78, 5) is 10.8. The Bertz CT molecular complexity index is 596. The molecule has 4 nitrogen and oxygen atoms in total. The minimum absolute atomic E-state index is 0.542. The molecule has 0 unspecified atom stereocenters. The molecule has 0 saturated carbocycles. The van der Waals surface area contributed by atoms with Crippen LogP contribution in [0.4, 0.5) is 5.82 Å². The molecule has 1 aliphatic heterocycles. The number of aliphatic hydroxyl groups is 1. The number of fused-ring (bicyclic) bond motifs is 1. The van der Waals surface area contributed by atoms with Crippen LogP contribution in [0.25, 0.3) is 10.9 Å². The number of halogens is 1. The standard InChI is InChI=1S/C13H14IN3O/c1-2-13(18)6-17(7-13)12-10-5-9(14)3-4-11(10)15-8-16-12/h3-5,8,18H,2,6-7H2,1H3. The summed E-state index contributed by atoms with van der Waals surface area (Å²) in [5.74, 6) is 0.927. The first-order valence-electron chi connectivity index (χ1n) is 5.99. The molecular weight excluding hydrogens is 341 g/mol. The zero-order valence-electron chi connectivity index (χ0n) is 10.1. The van der Waals surface area contributed by atoms with Crippen LogP contribution in [0.3, 0.4) is 0 Å². The largest absolute Gasteiger partial charge is 0.386 e. The zero-order valence-corrected chi connectivity index (χ0v) is 12.3. The number of anilines is 1. The molecule has 0 radical (unpaired) electrons. The minimum Gasteiger partial charge on any atom is -0.386 e. The maximum absolute atomic E-state index is 10.1. The van der Waals surface area contributed by atoms with Gasteiger partial charge < -0.3 is 10.0 Å². The van der Waals surface area contributed by atoms with Crippen molar-refractivity contribution in [2.24, 2.45) is 0 Å². The first-order valence-corrected chi connectivity index (χ1v) is 7.07. The summed E-state index contributed by atoms with van der Waals surface area (Å²) in [7, 11) is 0. The Morgan fingerprint density at radius 2 is 2.17 bits per heavy atom. The van der Waals surface area contributed by atoms with Gasteiger partial charge in [0.05, 0.1) is 11.1 Å². The summed E-state index contributed by atoms with van der Waals surface area (Å²) in [5.41, 5.74) is 0.409. The summed E-state index contributed by atoms with van der Waals surface area (Å²) in [5, 5.41) is 11.1. The molecule has 2 heterocycles. The van der Waals surface area contributed by atoms with Crippen molar-refractivity contribution in [3.63, 3.8) is 0 Å². The second-order valence-electron chi connectivity index (χ2n) is 4.79. The fourth-order valence-corrected chi connectivity index (χ4v) is 2.80. The highest BCUT2D eigenvalue weighted by Crippen LogP contribution is 2.32. The smallest absolute Gasteiger partial charge is 0.140 e.